The first kappa shape index (κ1) is 42.2. The standard InChI is InChI=1S/C62H64BN3O/c1-58(2,3)35-20-23-47-42(26-35)44-27-37(60(7,8)9)32-51-56(44)65(47)52-33-38(61(10,11)12)29-46-57(52)66(51)50-31-39(62(13,14)15)30-49-55(50)63(46)45-28-36(59(4,5)6)21-24-48(45)64(49)40-22-25-54-43(34-40)41-18-16-17-19-53(41)67-54/h16-34H,1-15H3. The smallest absolute Gasteiger partial charge is 0.252 e. The maximum atomic E-state index is 6.44. The fourth-order valence-electron chi connectivity index (χ4n) is 11.4. The minimum absolute atomic E-state index is 0.00821. The summed E-state index contributed by atoms with van der Waals surface area (Å²) in [5.74, 6) is 0. The Kier molecular flexibility index (Phi) is 8.36. The molecule has 0 fully saturated rings. The quantitative estimate of drug-likeness (QED) is 0.154. The highest BCUT2D eigenvalue weighted by molar-refractivity contribution is 7.00. The Hall–Kier alpha value is -6.20. The van der Waals surface area contributed by atoms with Crippen LogP contribution in [0, 0.1) is 0 Å². The molecule has 0 saturated heterocycles. The third-order valence-electron chi connectivity index (χ3n) is 15.4. The van der Waals surface area contributed by atoms with Crippen molar-refractivity contribution in [2.24, 2.45) is 0 Å². The van der Waals surface area contributed by atoms with Crippen LogP contribution in [-0.2, 0) is 27.1 Å². The van der Waals surface area contributed by atoms with E-state index >= 15 is 0 Å². The van der Waals surface area contributed by atoms with E-state index in [1.54, 1.807) is 0 Å². The van der Waals surface area contributed by atoms with E-state index in [0.717, 1.165) is 27.6 Å². The highest BCUT2D eigenvalue weighted by Crippen LogP contribution is 2.55. The van der Waals surface area contributed by atoms with Gasteiger partial charge in [-0.05, 0) is 144 Å². The first-order chi connectivity index (χ1) is 31.4. The van der Waals surface area contributed by atoms with E-state index in [2.05, 4.69) is 233 Å². The average molecular weight is 878 g/mol. The lowest BCUT2D eigenvalue weighted by molar-refractivity contribution is 0.589. The van der Waals surface area contributed by atoms with Gasteiger partial charge in [0.1, 0.15) is 11.2 Å². The van der Waals surface area contributed by atoms with Gasteiger partial charge in [0.15, 0.2) is 0 Å². The second kappa shape index (κ2) is 13.3. The first-order valence-electron chi connectivity index (χ1n) is 24.5. The van der Waals surface area contributed by atoms with Crippen LogP contribution >= 0.6 is 0 Å². The van der Waals surface area contributed by atoms with Gasteiger partial charge in [-0.15, -0.1) is 0 Å². The van der Waals surface area contributed by atoms with E-state index in [1.807, 2.05) is 0 Å². The van der Waals surface area contributed by atoms with Crippen LogP contribution in [0.3, 0.4) is 0 Å². The number of para-hydroxylation sites is 1. The zero-order valence-corrected chi connectivity index (χ0v) is 42.3. The molecule has 9 aromatic rings. The molecule has 0 saturated carbocycles. The van der Waals surface area contributed by atoms with Gasteiger partial charge in [0.2, 0.25) is 0 Å². The number of hydrogen-bond donors (Lipinski definition) is 0. The number of nitrogens with zero attached hydrogens (tertiary/aromatic N) is 3. The van der Waals surface area contributed by atoms with Crippen LogP contribution in [-0.4, -0.2) is 11.3 Å². The minimum atomic E-state index is -0.135. The van der Waals surface area contributed by atoms with Crippen LogP contribution in [0.4, 0.5) is 34.1 Å². The summed E-state index contributed by atoms with van der Waals surface area (Å²) in [7, 11) is 0. The SMILES string of the molecule is CC(C)(C)c1ccc2c(c1)B1c3cc(C(C)(C)C)cc4c3N(c3cc(C(C)(C)C)cc(c31)N2c1ccc2oc3ccccc3c2c1)c1cc(C(C)(C)C)cc2c3cc(C(C)(C)C)ccc3n-4c12. The van der Waals surface area contributed by atoms with E-state index < -0.39 is 0 Å². The Morgan fingerprint density at radius 2 is 0.925 bits per heavy atom. The fourth-order valence-corrected chi connectivity index (χ4v) is 11.4. The second-order valence-electron chi connectivity index (χ2n) is 25.2. The normalized spacial score (nSPS) is 14.7. The van der Waals surface area contributed by atoms with E-state index in [0.29, 0.717) is 0 Å². The summed E-state index contributed by atoms with van der Waals surface area (Å²) in [6.45, 7) is 35.4. The molecule has 4 nitrogen and oxygen atoms in total. The van der Waals surface area contributed by atoms with Crippen molar-refractivity contribution in [2.45, 2.75) is 131 Å². The van der Waals surface area contributed by atoms with Crippen molar-refractivity contribution in [3.8, 4) is 5.69 Å². The van der Waals surface area contributed by atoms with E-state index in [-0.39, 0.29) is 33.8 Å². The van der Waals surface area contributed by atoms with E-state index in [4.69, 9.17) is 4.42 Å². The molecule has 336 valence electrons. The maximum Gasteiger partial charge on any atom is 0.252 e. The summed E-state index contributed by atoms with van der Waals surface area (Å²) < 4.78 is 9.09. The number of furan rings is 1. The van der Waals surface area contributed by atoms with Gasteiger partial charge in [-0.3, -0.25) is 0 Å². The van der Waals surface area contributed by atoms with Crippen molar-refractivity contribution in [1.82, 2.24) is 4.57 Å². The van der Waals surface area contributed by atoms with Gasteiger partial charge in [-0.2, -0.15) is 0 Å². The second-order valence-corrected chi connectivity index (χ2v) is 25.2. The third kappa shape index (κ3) is 6.05. The topological polar surface area (TPSA) is 24.6 Å². The number of fused-ring (bicyclic) bond motifs is 12. The highest BCUT2D eigenvalue weighted by Gasteiger charge is 2.48. The largest absolute Gasteiger partial charge is 0.456 e. The molecule has 0 bridgehead atoms. The van der Waals surface area contributed by atoms with Gasteiger partial charge in [0.05, 0.1) is 28.1 Å². The summed E-state index contributed by atoms with van der Waals surface area (Å²) in [5.41, 5.74) is 23.5. The van der Waals surface area contributed by atoms with Gasteiger partial charge >= 0.3 is 0 Å². The maximum absolute atomic E-state index is 6.44. The van der Waals surface area contributed by atoms with Gasteiger partial charge in [-0.1, -0.05) is 146 Å². The zero-order chi connectivity index (χ0) is 47.2. The lowest BCUT2D eigenvalue weighted by Crippen LogP contribution is -2.62. The number of aromatic nitrogens is 1. The number of rotatable bonds is 1. The van der Waals surface area contributed by atoms with Crippen LogP contribution < -0.4 is 26.2 Å². The van der Waals surface area contributed by atoms with E-state index in [9.17, 15) is 0 Å². The van der Waals surface area contributed by atoms with Crippen LogP contribution in [0.1, 0.15) is 132 Å². The van der Waals surface area contributed by atoms with Crippen molar-refractivity contribution >= 4 is 101 Å². The molecule has 0 aliphatic carbocycles. The Balaban J connectivity index is 1.27. The van der Waals surface area contributed by atoms with Crippen LogP contribution in [0.25, 0.3) is 49.4 Å². The molecule has 0 radical (unpaired) electrons. The molecule has 5 heteroatoms. The van der Waals surface area contributed by atoms with Gasteiger partial charge < -0.3 is 18.8 Å². The molecule has 2 aromatic heterocycles. The van der Waals surface area contributed by atoms with Crippen molar-refractivity contribution in [1.29, 1.82) is 0 Å². The van der Waals surface area contributed by atoms with Crippen LogP contribution in [0.2, 0.25) is 0 Å². The van der Waals surface area contributed by atoms with Crippen molar-refractivity contribution in [3.05, 3.63) is 143 Å². The van der Waals surface area contributed by atoms with Gasteiger partial charge in [0, 0.05) is 44.3 Å². The molecule has 12 rings (SSSR count). The summed E-state index contributed by atoms with van der Waals surface area (Å²) in [5, 5.41) is 4.92. The molecule has 3 aliphatic rings. The monoisotopic (exact) mass is 878 g/mol. The molecule has 67 heavy (non-hydrogen) atoms. The Morgan fingerprint density at radius 1 is 0.388 bits per heavy atom. The summed E-state index contributed by atoms with van der Waals surface area (Å²) in [6, 6.07) is 45.2. The van der Waals surface area contributed by atoms with Gasteiger partial charge in [-0.25, -0.2) is 0 Å². The molecular weight excluding hydrogens is 814 g/mol. The summed E-state index contributed by atoms with van der Waals surface area (Å²) >= 11 is 0. The fraction of sp³-hybridized carbons (Fsp3) is 0.323. The van der Waals surface area contributed by atoms with Crippen molar-refractivity contribution in [3.63, 3.8) is 0 Å². The Bertz CT molecular complexity index is 3620. The molecule has 0 N–H and O–H groups in total. The molecule has 7 aromatic carbocycles. The summed E-state index contributed by atoms with van der Waals surface area (Å²) in [4.78, 5) is 5.30. The average Bonchev–Trinajstić information content (AvgIpc) is 3.79. The molecule has 3 aliphatic heterocycles. The molecule has 0 spiro atoms. The molecular formula is C62H64BN3O. The molecule has 0 amide bonds. The number of anilines is 6. The lowest BCUT2D eigenvalue weighted by Gasteiger charge is -2.47. The van der Waals surface area contributed by atoms with E-state index in [1.165, 1.54) is 100 Å². The molecule has 5 heterocycles. The highest BCUT2D eigenvalue weighted by atomic mass is 16.3. The number of hydrogen-bond acceptors (Lipinski definition) is 3. The predicted octanol–water partition coefficient (Wildman–Crippen LogP) is 15.6. The molecule has 0 atom stereocenters. The Labute approximate surface area is 397 Å². The molecule has 0 unspecified atom stereocenters. The zero-order valence-electron chi connectivity index (χ0n) is 42.3. The first-order valence-corrected chi connectivity index (χ1v) is 24.5. The van der Waals surface area contributed by atoms with Gasteiger partial charge in [0.25, 0.3) is 6.71 Å². The van der Waals surface area contributed by atoms with Crippen LogP contribution in [0.15, 0.2) is 120 Å². The summed E-state index contributed by atoms with van der Waals surface area (Å²) in [6.07, 6.45) is 0. The van der Waals surface area contributed by atoms with Crippen molar-refractivity contribution in [2.75, 3.05) is 9.80 Å². The van der Waals surface area contributed by atoms with Crippen LogP contribution in [0.5, 0.6) is 0 Å². The Morgan fingerprint density at radius 3 is 1.61 bits per heavy atom. The van der Waals surface area contributed by atoms with Crippen molar-refractivity contribution < 1.29 is 4.42 Å². The lowest BCUT2D eigenvalue weighted by atomic mass is 9.33. The minimum Gasteiger partial charge on any atom is -0.456 e. The predicted molar refractivity (Wildman–Crippen MR) is 289 cm³/mol. The number of benzene rings is 7. The third-order valence-corrected chi connectivity index (χ3v) is 15.4.